The number of thioether (sulfide) groups is 1. The first-order valence-corrected chi connectivity index (χ1v) is 13.7. The number of Topliss-reactive ketones (excluding diaryl/α,β-unsaturated/α-hetero) is 2. The third kappa shape index (κ3) is 5.71. The van der Waals surface area contributed by atoms with Crippen LogP contribution in [0.2, 0.25) is 0 Å². The predicted octanol–water partition coefficient (Wildman–Crippen LogP) is 9.25. The molecule has 0 N–H and O–H groups in total. The van der Waals surface area contributed by atoms with Gasteiger partial charge in [-0.05, 0) is 19.1 Å². The number of benzene rings is 3. The number of ketones is 2. The minimum atomic E-state index is -1.63. The van der Waals surface area contributed by atoms with Crippen molar-refractivity contribution in [1.82, 2.24) is 0 Å². The molecule has 0 fully saturated rings. The van der Waals surface area contributed by atoms with E-state index in [-0.39, 0.29) is 16.7 Å². The molecule has 1 aliphatic heterocycles. The lowest BCUT2D eigenvalue weighted by molar-refractivity contribution is 0.0961. The van der Waals surface area contributed by atoms with E-state index in [9.17, 15) is 9.59 Å². The first-order chi connectivity index (χ1) is 16.9. The number of halogens is 6. The zero-order chi connectivity index (χ0) is 26.3. The van der Waals surface area contributed by atoms with Gasteiger partial charge in [0, 0.05) is 33.7 Å². The van der Waals surface area contributed by atoms with Crippen LogP contribution in [-0.2, 0) is 7.59 Å². The van der Waals surface area contributed by atoms with Crippen molar-refractivity contribution in [2.24, 2.45) is 0 Å². The molecule has 0 saturated carbocycles. The molecule has 0 radical (unpaired) electrons. The Bertz CT molecular complexity index is 1270. The van der Waals surface area contributed by atoms with E-state index >= 15 is 0 Å². The fourth-order valence-corrected chi connectivity index (χ4v) is 5.76. The third-order valence-corrected chi connectivity index (χ3v) is 8.03. The number of allylic oxidation sites excluding steroid dienone is 1. The molecule has 36 heavy (non-hydrogen) atoms. The van der Waals surface area contributed by atoms with E-state index in [1.54, 1.807) is 48.5 Å². The van der Waals surface area contributed by atoms with Crippen LogP contribution in [0.1, 0.15) is 38.8 Å². The van der Waals surface area contributed by atoms with Crippen molar-refractivity contribution in [3.63, 3.8) is 0 Å². The Labute approximate surface area is 243 Å². The topological polar surface area (TPSA) is 37.4 Å². The van der Waals surface area contributed by atoms with Gasteiger partial charge in [0.2, 0.25) is 7.59 Å². The van der Waals surface area contributed by atoms with E-state index < -0.39 is 19.2 Å². The molecule has 0 aliphatic carbocycles. The minimum Gasteiger partial charge on any atom is -0.335 e. The fraction of sp³-hybridized carbons (Fsp3) is 0.154. The van der Waals surface area contributed by atoms with Crippen molar-refractivity contribution in [1.29, 1.82) is 0 Å². The van der Waals surface area contributed by atoms with Crippen LogP contribution in [0.4, 0.5) is 5.69 Å². The number of rotatable bonds is 5. The summed E-state index contributed by atoms with van der Waals surface area (Å²) in [5.41, 5.74) is 2.34. The highest BCUT2D eigenvalue weighted by Gasteiger charge is 2.34. The van der Waals surface area contributed by atoms with Crippen molar-refractivity contribution in [2.75, 3.05) is 11.4 Å². The van der Waals surface area contributed by atoms with Crippen molar-refractivity contribution < 1.29 is 9.59 Å². The second-order valence-electron chi connectivity index (χ2n) is 7.80. The summed E-state index contributed by atoms with van der Waals surface area (Å²) < 4.78 is -3.27. The number of hydrogen-bond acceptors (Lipinski definition) is 4. The molecule has 0 spiro atoms. The number of nitrogens with zero attached hydrogens (tertiary/aromatic N) is 1. The van der Waals surface area contributed by atoms with Crippen molar-refractivity contribution >= 4 is 98.6 Å². The molecule has 1 aliphatic rings. The van der Waals surface area contributed by atoms with Gasteiger partial charge < -0.3 is 4.90 Å². The van der Waals surface area contributed by atoms with E-state index in [0.717, 1.165) is 10.6 Å². The standard InChI is InChI=1S/C26H17Cl6NO2S/c1-2-33-19-5-3-4-6-20(19)36-24(33)21(22(34)15-7-11-17(12-8-15)25(27,28)29)23(35)16-9-13-18(14-10-16)26(30,31)32/h3-14H,2H2,1H3. The van der Waals surface area contributed by atoms with Gasteiger partial charge in [-0.2, -0.15) is 0 Å². The molecule has 0 unspecified atom stereocenters. The van der Waals surface area contributed by atoms with Crippen LogP contribution in [0.3, 0.4) is 0 Å². The van der Waals surface area contributed by atoms with Gasteiger partial charge in [-0.25, -0.2) is 0 Å². The first kappa shape index (κ1) is 27.7. The summed E-state index contributed by atoms with van der Waals surface area (Å²) in [5.74, 6) is -0.898. The van der Waals surface area contributed by atoms with E-state index in [4.69, 9.17) is 69.6 Å². The number of hydrogen-bond donors (Lipinski definition) is 0. The fourth-order valence-electron chi connectivity index (χ4n) is 3.74. The predicted molar refractivity (Wildman–Crippen MR) is 152 cm³/mol. The number of fused-ring (bicyclic) bond motifs is 1. The highest BCUT2D eigenvalue weighted by Crippen LogP contribution is 2.48. The number of para-hydroxylation sites is 1. The van der Waals surface area contributed by atoms with E-state index in [2.05, 4.69) is 0 Å². The third-order valence-electron chi connectivity index (χ3n) is 5.54. The Kier molecular flexibility index (Phi) is 8.28. The van der Waals surface area contributed by atoms with Crippen LogP contribution >= 0.6 is 81.4 Å². The van der Waals surface area contributed by atoms with Gasteiger partial charge >= 0.3 is 0 Å². The molecule has 1 heterocycles. The van der Waals surface area contributed by atoms with Gasteiger partial charge in [-0.15, -0.1) is 0 Å². The summed E-state index contributed by atoms with van der Waals surface area (Å²) in [6, 6.07) is 20.1. The molecule has 0 amide bonds. The van der Waals surface area contributed by atoms with Crippen LogP contribution < -0.4 is 4.90 Å². The average Bonchev–Trinajstić information content (AvgIpc) is 3.21. The monoisotopic (exact) mass is 617 g/mol. The van der Waals surface area contributed by atoms with Gasteiger partial charge in [-0.3, -0.25) is 9.59 Å². The molecule has 10 heteroatoms. The lowest BCUT2D eigenvalue weighted by Crippen LogP contribution is -2.24. The Balaban J connectivity index is 1.83. The zero-order valence-corrected chi connectivity index (χ0v) is 23.9. The number of carbonyl (C=O) groups excluding carboxylic acids is 2. The quantitative estimate of drug-likeness (QED) is 0.0938. The summed E-state index contributed by atoms with van der Waals surface area (Å²) in [6.07, 6.45) is 0. The largest absolute Gasteiger partial charge is 0.335 e. The van der Waals surface area contributed by atoms with Crippen molar-refractivity contribution in [3.05, 3.63) is 106 Å². The maximum atomic E-state index is 13.9. The van der Waals surface area contributed by atoms with Gasteiger partial charge in [0.15, 0.2) is 11.6 Å². The molecular formula is C26H17Cl6NO2S. The maximum Gasteiger partial charge on any atom is 0.216 e. The van der Waals surface area contributed by atoms with Crippen LogP contribution in [0, 0.1) is 0 Å². The number of carbonyl (C=O) groups is 2. The van der Waals surface area contributed by atoms with Gasteiger partial charge in [-0.1, -0.05) is 142 Å². The van der Waals surface area contributed by atoms with Crippen LogP contribution in [-0.4, -0.2) is 18.1 Å². The van der Waals surface area contributed by atoms with E-state index in [1.807, 2.05) is 36.1 Å². The molecule has 0 atom stereocenters. The highest BCUT2D eigenvalue weighted by atomic mass is 35.6. The SMILES string of the molecule is CCN1C(=C(C(=O)c2ccc(C(Cl)(Cl)Cl)cc2)C(=O)c2ccc(C(Cl)(Cl)Cl)cc2)Sc2ccccc21. The Morgan fingerprint density at radius 2 is 1.17 bits per heavy atom. The number of alkyl halides is 6. The highest BCUT2D eigenvalue weighted by molar-refractivity contribution is 8.03. The summed E-state index contributed by atoms with van der Waals surface area (Å²) >= 11 is 37.2. The van der Waals surface area contributed by atoms with Crippen LogP contribution in [0.5, 0.6) is 0 Å². The second-order valence-corrected chi connectivity index (χ2v) is 13.4. The van der Waals surface area contributed by atoms with E-state index in [0.29, 0.717) is 22.7 Å². The molecule has 0 saturated heterocycles. The minimum absolute atomic E-state index is 0.0290. The summed E-state index contributed by atoms with van der Waals surface area (Å²) in [5, 5.41) is 0.546. The van der Waals surface area contributed by atoms with Crippen molar-refractivity contribution in [2.45, 2.75) is 19.4 Å². The Hall–Kier alpha value is -1.37. The van der Waals surface area contributed by atoms with Gasteiger partial charge in [0.05, 0.1) is 10.7 Å². The molecule has 3 aromatic carbocycles. The summed E-state index contributed by atoms with van der Waals surface area (Å²) in [6.45, 7) is 2.52. The summed E-state index contributed by atoms with van der Waals surface area (Å²) in [7, 11) is 0. The van der Waals surface area contributed by atoms with Crippen LogP contribution in [0.25, 0.3) is 0 Å². The molecule has 4 rings (SSSR count). The second kappa shape index (κ2) is 10.8. The van der Waals surface area contributed by atoms with Gasteiger partial charge in [0.25, 0.3) is 0 Å². The lowest BCUT2D eigenvalue weighted by Gasteiger charge is -2.21. The smallest absolute Gasteiger partial charge is 0.216 e. The summed E-state index contributed by atoms with van der Waals surface area (Å²) in [4.78, 5) is 30.6. The lowest BCUT2D eigenvalue weighted by atomic mass is 9.95. The Morgan fingerprint density at radius 3 is 1.58 bits per heavy atom. The first-order valence-electron chi connectivity index (χ1n) is 10.6. The molecule has 0 bridgehead atoms. The molecule has 3 aromatic rings. The number of anilines is 1. The molecule has 3 nitrogen and oxygen atoms in total. The molecule has 186 valence electrons. The average molecular weight is 620 g/mol. The molecular weight excluding hydrogens is 603 g/mol. The normalized spacial score (nSPS) is 13.5. The maximum absolute atomic E-state index is 13.9. The molecule has 0 aromatic heterocycles. The Morgan fingerprint density at radius 1 is 0.722 bits per heavy atom. The van der Waals surface area contributed by atoms with E-state index in [1.165, 1.54) is 11.8 Å². The zero-order valence-electron chi connectivity index (χ0n) is 18.6. The van der Waals surface area contributed by atoms with Crippen molar-refractivity contribution in [3.8, 4) is 0 Å². The van der Waals surface area contributed by atoms with Gasteiger partial charge in [0.1, 0.15) is 5.57 Å². The van der Waals surface area contributed by atoms with Crippen LogP contribution in [0.15, 0.2) is 88.3 Å².